The molecular weight excluding hydrogens is 298 g/mol. The molecule has 0 saturated carbocycles. The van der Waals surface area contributed by atoms with E-state index in [0.29, 0.717) is 11.2 Å². The molecule has 2 heterocycles. The van der Waals surface area contributed by atoms with E-state index >= 15 is 0 Å². The number of benzene rings is 1. The second-order valence-corrected chi connectivity index (χ2v) is 4.74. The van der Waals surface area contributed by atoms with Crippen LogP contribution >= 0.6 is 0 Å². The SMILES string of the molecule is O=C(O)c1cn(C(=O)Nc2cccnc2)c2ccccc2c1=O. The highest BCUT2D eigenvalue weighted by Crippen LogP contribution is 2.13. The van der Waals surface area contributed by atoms with Gasteiger partial charge in [-0.1, -0.05) is 12.1 Å². The van der Waals surface area contributed by atoms with E-state index < -0.39 is 23.0 Å². The number of carboxylic acid groups (broad SMARTS) is 1. The third-order valence-corrected chi connectivity index (χ3v) is 3.27. The lowest BCUT2D eigenvalue weighted by molar-refractivity contribution is 0.0695. The Morgan fingerprint density at radius 1 is 1.13 bits per heavy atom. The number of amides is 1. The Labute approximate surface area is 129 Å². The van der Waals surface area contributed by atoms with Crippen molar-refractivity contribution >= 4 is 28.6 Å². The quantitative estimate of drug-likeness (QED) is 0.755. The highest BCUT2D eigenvalue weighted by atomic mass is 16.4. The van der Waals surface area contributed by atoms with Crippen LogP contribution in [0.5, 0.6) is 0 Å². The Morgan fingerprint density at radius 3 is 2.61 bits per heavy atom. The van der Waals surface area contributed by atoms with Crippen molar-refractivity contribution in [3.63, 3.8) is 0 Å². The summed E-state index contributed by atoms with van der Waals surface area (Å²) < 4.78 is 1.10. The van der Waals surface area contributed by atoms with E-state index in [9.17, 15) is 14.4 Å². The maximum Gasteiger partial charge on any atom is 0.341 e. The Kier molecular flexibility index (Phi) is 3.60. The van der Waals surface area contributed by atoms with E-state index in [0.717, 1.165) is 10.8 Å². The molecule has 1 aromatic carbocycles. The molecule has 0 aliphatic rings. The normalized spacial score (nSPS) is 10.4. The van der Waals surface area contributed by atoms with E-state index in [1.807, 2.05) is 0 Å². The lowest BCUT2D eigenvalue weighted by Crippen LogP contribution is -2.25. The topological polar surface area (TPSA) is 101 Å². The Balaban J connectivity index is 2.16. The minimum Gasteiger partial charge on any atom is -0.477 e. The van der Waals surface area contributed by atoms with Crippen LogP contribution in [-0.4, -0.2) is 26.7 Å². The number of nitrogens with zero attached hydrogens (tertiary/aromatic N) is 2. The van der Waals surface area contributed by atoms with E-state index in [4.69, 9.17) is 5.11 Å². The van der Waals surface area contributed by atoms with Crippen LogP contribution in [0.25, 0.3) is 10.9 Å². The number of para-hydroxylation sites is 1. The van der Waals surface area contributed by atoms with Crippen LogP contribution in [0.4, 0.5) is 10.5 Å². The van der Waals surface area contributed by atoms with Gasteiger partial charge in [-0.25, -0.2) is 9.59 Å². The first-order valence-corrected chi connectivity index (χ1v) is 6.67. The zero-order valence-corrected chi connectivity index (χ0v) is 11.8. The summed E-state index contributed by atoms with van der Waals surface area (Å²) >= 11 is 0. The third-order valence-electron chi connectivity index (χ3n) is 3.27. The monoisotopic (exact) mass is 309 g/mol. The molecule has 0 atom stereocenters. The van der Waals surface area contributed by atoms with Gasteiger partial charge in [0.15, 0.2) is 0 Å². The molecule has 3 aromatic rings. The standard InChI is InChI=1S/C16H11N3O4/c20-14-11-5-1-2-6-13(11)19(9-12(14)15(21)22)16(23)18-10-4-3-7-17-8-10/h1-9H,(H,18,23)(H,21,22). The number of fused-ring (bicyclic) bond motifs is 1. The number of nitrogens with one attached hydrogen (secondary N) is 1. The second kappa shape index (κ2) is 5.72. The fraction of sp³-hybridized carbons (Fsp3) is 0. The van der Waals surface area contributed by atoms with Gasteiger partial charge < -0.3 is 10.4 Å². The van der Waals surface area contributed by atoms with Gasteiger partial charge in [0.25, 0.3) is 0 Å². The van der Waals surface area contributed by atoms with Gasteiger partial charge in [-0.3, -0.25) is 14.3 Å². The number of carbonyl (C=O) groups is 2. The predicted octanol–water partition coefficient (Wildman–Crippen LogP) is 2.17. The molecule has 0 saturated heterocycles. The van der Waals surface area contributed by atoms with Crippen LogP contribution in [0.1, 0.15) is 10.4 Å². The molecule has 0 bridgehead atoms. The molecule has 0 fully saturated rings. The number of anilines is 1. The molecule has 0 aliphatic heterocycles. The van der Waals surface area contributed by atoms with Gasteiger partial charge in [-0.05, 0) is 24.3 Å². The van der Waals surface area contributed by atoms with E-state index in [1.165, 1.54) is 12.3 Å². The van der Waals surface area contributed by atoms with Gasteiger partial charge in [0.05, 0.1) is 17.4 Å². The fourth-order valence-corrected chi connectivity index (χ4v) is 2.22. The zero-order chi connectivity index (χ0) is 16.4. The highest BCUT2D eigenvalue weighted by Gasteiger charge is 2.17. The van der Waals surface area contributed by atoms with Crippen molar-refractivity contribution in [2.75, 3.05) is 5.32 Å². The third kappa shape index (κ3) is 2.67. The van der Waals surface area contributed by atoms with Crippen molar-refractivity contribution < 1.29 is 14.7 Å². The van der Waals surface area contributed by atoms with Crippen LogP contribution in [0.2, 0.25) is 0 Å². The predicted molar refractivity (Wildman–Crippen MR) is 83.8 cm³/mol. The number of pyridine rings is 2. The number of carbonyl (C=O) groups excluding carboxylic acids is 1. The average molecular weight is 309 g/mol. The first kappa shape index (κ1) is 14.5. The van der Waals surface area contributed by atoms with Crippen molar-refractivity contribution in [3.8, 4) is 0 Å². The molecule has 114 valence electrons. The molecule has 0 aliphatic carbocycles. The Hall–Kier alpha value is -3.48. The van der Waals surface area contributed by atoms with Crippen LogP contribution in [0.3, 0.4) is 0 Å². The molecule has 23 heavy (non-hydrogen) atoms. The van der Waals surface area contributed by atoms with Gasteiger partial charge in [0.2, 0.25) is 5.43 Å². The minimum absolute atomic E-state index is 0.161. The Morgan fingerprint density at radius 2 is 1.91 bits per heavy atom. The molecule has 2 aromatic heterocycles. The summed E-state index contributed by atoms with van der Waals surface area (Å²) in [4.78, 5) is 39.7. The van der Waals surface area contributed by atoms with Crippen molar-refractivity contribution in [2.45, 2.75) is 0 Å². The summed E-state index contributed by atoms with van der Waals surface area (Å²) in [6, 6.07) is 9.05. The maximum atomic E-state index is 12.4. The molecule has 7 heteroatoms. The molecule has 2 N–H and O–H groups in total. The van der Waals surface area contributed by atoms with Crippen LogP contribution in [-0.2, 0) is 0 Å². The number of hydrogen-bond acceptors (Lipinski definition) is 4. The minimum atomic E-state index is -1.39. The van der Waals surface area contributed by atoms with Gasteiger partial charge in [0, 0.05) is 17.8 Å². The number of aromatic nitrogens is 2. The van der Waals surface area contributed by atoms with E-state index in [-0.39, 0.29) is 5.39 Å². The van der Waals surface area contributed by atoms with Gasteiger partial charge in [-0.15, -0.1) is 0 Å². The molecule has 3 rings (SSSR count). The summed E-state index contributed by atoms with van der Waals surface area (Å²) in [6.45, 7) is 0. The van der Waals surface area contributed by atoms with E-state index in [2.05, 4.69) is 10.3 Å². The molecule has 0 radical (unpaired) electrons. The number of aromatic carboxylic acids is 1. The Bertz CT molecular complexity index is 964. The summed E-state index contributed by atoms with van der Waals surface area (Å²) in [7, 11) is 0. The zero-order valence-electron chi connectivity index (χ0n) is 11.8. The number of carboxylic acids is 1. The van der Waals surface area contributed by atoms with Crippen molar-refractivity contribution in [2.24, 2.45) is 0 Å². The van der Waals surface area contributed by atoms with Crippen molar-refractivity contribution in [1.29, 1.82) is 0 Å². The first-order valence-electron chi connectivity index (χ1n) is 6.67. The van der Waals surface area contributed by atoms with Crippen molar-refractivity contribution in [1.82, 2.24) is 9.55 Å². The first-order chi connectivity index (χ1) is 11.1. The molecule has 1 amide bonds. The smallest absolute Gasteiger partial charge is 0.341 e. The maximum absolute atomic E-state index is 12.4. The summed E-state index contributed by atoms with van der Waals surface area (Å²) in [5.41, 5.74) is -0.315. The van der Waals surface area contributed by atoms with Gasteiger partial charge >= 0.3 is 12.0 Å². The largest absolute Gasteiger partial charge is 0.477 e. The molecule has 0 unspecified atom stereocenters. The highest BCUT2D eigenvalue weighted by molar-refractivity contribution is 6.00. The van der Waals surface area contributed by atoms with Crippen molar-refractivity contribution in [3.05, 3.63) is 70.8 Å². The number of hydrogen-bond donors (Lipinski definition) is 2. The van der Waals surface area contributed by atoms with Crippen LogP contribution in [0, 0.1) is 0 Å². The van der Waals surface area contributed by atoms with Gasteiger partial charge in [-0.2, -0.15) is 0 Å². The molecule has 0 spiro atoms. The van der Waals surface area contributed by atoms with Crippen LogP contribution < -0.4 is 10.7 Å². The molecular formula is C16H11N3O4. The fourth-order valence-electron chi connectivity index (χ4n) is 2.22. The molecule has 7 nitrogen and oxygen atoms in total. The summed E-state index contributed by atoms with van der Waals surface area (Å²) in [6.07, 6.45) is 4.05. The van der Waals surface area contributed by atoms with Gasteiger partial charge in [0.1, 0.15) is 5.56 Å². The van der Waals surface area contributed by atoms with Crippen LogP contribution in [0.15, 0.2) is 59.8 Å². The summed E-state index contributed by atoms with van der Waals surface area (Å²) in [5.74, 6) is -1.39. The lowest BCUT2D eigenvalue weighted by Gasteiger charge is -2.12. The second-order valence-electron chi connectivity index (χ2n) is 4.74. The average Bonchev–Trinajstić information content (AvgIpc) is 2.56. The van der Waals surface area contributed by atoms with E-state index in [1.54, 1.807) is 36.5 Å². The number of rotatable bonds is 2. The summed E-state index contributed by atoms with van der Waals surface area (Å²) in [5, 5.41) is 11.9. The lowest BCUT2D eigenvalue weighted by atomic mass is 10.1.